The maximum absolute atomic E-state index is 12.5. The number of hydrogen-bond donors (Lipinski definition) is 1. The van der Waals surface area contributed by atoms with Gasteiger partial charge in [-0.15, -0.1) is 0 Å². The van der Waals surface area contributed by atoms with Gasteiger partial charge in [0.1, 0.15) is 5.66 Å². The minimum atomic E-state index is -0.611. The molecule has 0 radical (unpaired) electrons. The van der Waals surface area contributed by atoms with Crippen LogP contribution in [-0.2, 0) is 10.2 Å². The number of methoxy groups -OCH3 is 1. The van der Waals surface area contributed by atoms with E-state index in [1.165, 1.54) is 11.1 Å². The number of nitrogens with one attached hydrogen (secondary N) is 1. The van der Waals surface area contributed by atoms with Gasteiger partial charge in [0, 0.05) is 11.1 Å². The van der Waals surface area contributed by atoms with E-state index in [-0.39, 0.29) is 17.4 Å². The van der Waals surface area contributed by atoms with Crippen molar-refractivity contribution in [1.29, 1.82) is 0 Å². The third-order valence-electron chi connectivity index (χ3n) is 6.19. The van der Waals surface area contributed by atoms with Crippen LogP contribution in [-0.4, -0.2) is 31.3 Å². The van der Waals surface area contributed by atoms with Gasteiger partial charge in [0.15, 0.2) is 11.5 Å². The number of benzene rings is 2. The third-order valence-corrected chi connectivity index (χ3v) is 6.19. The number of carbonyl (C=O) groups is 1. The molecule has 30 heavy (non-hydrogen) atoms. The van der Waals surface area contributed by atoms with Crippen molar-refractivity contribution in [2.75, 3.05) is 18.6 Å². The average Bonchev–Trinajstić information content (AvgIpc) is 3.11. The van der Waals surface area contributed by atoms with Crippen molar-refractivity contribution < 1.29 is 14.3 Å². The molecule has 2 aliphatic rings. The molecule has 0 aromatic heterocycles. The van der Waals surface area contributed by atoms with Gasteiger partial charge in [0.05, 0.1) is 19.8 Å². The molecule has 0 bridgehead atoms. The molecule has 0 spiro atoms. The van der Waals surface area contributed by atoms with Gasteiger partial charge >= 0.3 is 0 Å². The van der Waals surface area contributed by atoms with Crippen LogP contribution in [0.2, 0.25) is 0 Å². The average molecular weight is 407 g/mol. The predicted octanol–water partition coefficient (Wildman–Crippen LogP) is 4.43. The van der Waals surface area contributed by atoms with E-state index in [0.29, 0.717) is 12.3 Å². The molecule has 2 heterocycles. The van der Waals surface area contributed by atoms with E-state index in [9.17, 15) is 4.79 Å². The van der Waals surface area contributed by atoms with Gasteiger partial charge in [-0.3, -0.25) is 4.79 Å². The molecule has 1 fully saturated rings. The molecule has 5 heteroatoms. The summed E-state index contributed by atoms with van der Waals surface area (Å²) in [6, 6.07) is 12.4. The molecule has 5 nitrogen and oxygen atoms in total. The van der Waals surface area contributed by atoms with Crippen LogP contribution < -0.4 is 19.7 Å². The first-order chi connectivity index (χ1) is 14.2. The van der Waals surface area contributed by atoms with Crippen LogP contribution in [0.1, 0.15) is 44.4 Å². The summed E-state index contributed by atoms with van der Waals surface area (Å²) < 4.78 is 11.3. The van der Waals surface area contributed by atoms with Crippen molar-refractivity contribution in [2.45, 2.75) is 51.8 Å². The first kappa shape index (κ1) is 20.3. The molecule has 1 amide bonds. The zero-order valence-electron chi connectivity index (χ0n) is 18.6. The number of aryl methyl sites for hydroxylation is 1. The van der Waals surface area contributed by atoms with Gasteiger partial charge in [0.25, 0.3) is 0 Å². The maximum atomic E-state index is 12.5. The lowest BCUT2D eigenvalue weighted by Crippen LogP contribution is -2.58. The fraction of sp³-hybridized carbons (Fsp3) is 0.400. The maximum Gasteiger partial charge on any atom is 0.241 e. The van der Waals surface area contributed by atoms with Crippen molar-refractivity contribution in [3.63, 3.8) is 0 Å². The highest BCUT2D eigenvalue weighted by Gasteiger charge is 2.59. The molecule has 158 valence electrons. The zero-order chi connectivity index (χ0) is 21.7. The zero-order valence-corrected chi connectivity index (χ0v) is 18.6. The van der Waals surface area contributed by atoms with Crippen LogP contribution in [0.3, 0.4) is 0 Å². The highest BCUT2D eigenvalue weighted by Crippen LogP contribution is 2.53. The van der Waals surface area contributed by atoms with Crippen molar-refractivity contribution in [1.82, 2.24) is 5.32 Å². The lowest BCUT2D eigenvalue weighted by Gasteiger charge is -2.40. The lowest BCUT2D eigenvalue weighted by molar-refractivity contribution is -0.118. The molecule has 1 N–H and O–H groups in total. The van der Waals surface area contributed by atoms with Gasteiger partial charge in [-0.2, -0.15) is 0 Å². The van der Waals surface area contributed by atoms with E-state index in [1.807, 2.05) is 32.0 Å². The Morgan fingerprint density at radius 1 is 1.13 bits per heavy atom. The van der Waals surface area contributed by atoms with Gasteiger partial charge in [0.2, 0.25) is 5.91 Å². The molecule has 0 unspecified atom stereocenters. The van der Waals surface area contributed by atoms with E-state index in [4.69, 9.17) is 9.47 Å². The summed E-state index contributed by atoms with van der Waals surface area (Å²) in [7, 11) is 1.65. The molecule has 0 aliphatic carbocycles. The Balaban J connectivity index is 1.74. The summed E-state index contributed by atoms with van der Waals surface area (Å²) in [5.41, 5.74) is 3.68. The summed E-state index contributed by atoms with van der Waals surface area (Å²) in [6.07, 6.45) is 4.24. The van der Waals surface area contributed by atoms with E-state index in [0.717, 1.165) is 17.0 Å². The standard InChI is InChI=1S/C25H30N2O3/c1-16(2)30-21-10-8-18(14-22(21)29-6)11-12-25-24(4,5)19-13-17(3)7-9-20(19)27(25)15-23(28)26-25/h7-14,16H,15H2,1-6H3,(H,26,28)/t25-/m1/s1. The SMILES string of the molecule is COc1cc(C=C[C@@]23NC(=O)CN2c2ccc(C)cc2C3(C)C)ccc1OC(C)C. The first-order valence-electron chi connectivity index (χ1n) is 10.4. The summed E-state index contributed by atoms with van der Waals surface area (Å²) in [6.45, 7) is 10.8. The van der Waals surface area contributed by atoms with Crippen molar-refractivity contribution in [3.8, 4) is 11.5 Å². The monoisotopic (exact) mass is 406 g/mol. The van der Waals surface area contributed by atoms with Crippen LogP contribution in [0.5, 0.6) is 11.5 Å². The summed E-state index contributed by atoms with van der Waals surface area (Å²) >= 11 is 0. The molecule has 0 saturated carbocycles. The van der Waals surface area contributed by atoms with Gasteiger partial charge in [-0.05, 0) is 56.2 Å². The fourth-order valence-corrected chi connectivity index (χ4v) is 4.64. The van der Waals surface area contributed by atoms with Crippen molar-refractivity contribution in [3.05, 3.63) is 59.2 Å². The molecule has 2 aliphatic heterocycles. The Morgan fingerprint density at radius 2 is 1.90 bits per heavy atom. The Bertz CT molecular complexity index is 1030. The van der Waals surface area contributed by atoms with Crippen LogP contribution >= 0.6 is 0 Å². The Hall–Kier alpha value is -2.95. The lowest BCUT2D eigenvalue weighted by atomic mass is 9.75. The molecule has 1 atom stereocenters. The number of anilines is 1. The van der Waals surface area contributed by atoms with Crippen LogP contribution in [0, 0.1) is 6.92 Å². The van der Waals surface area contributed by atoms with Crippen molar-refractivity contribution >= 4 is 17.7 Å². The highest BCUT2D eigenvalue weighted by molar-refractivity contribution is 5.91. The Kier molecular flexibility index (Phi) is 4.80. The number of ether oxygens (including phenoxy) is 2. The quantitative estimate of drug-likeness (QED) is 0.798. The number of rotatable bonds is 5. The van der Waals surface area contributed by atoms with Gasteiger partial charge < -0.3 is 19.7 Å². The molecule has 4 rings (SSSR count). The van der Waals surface area contributed by atoms with Crippen LogP contribution in [0.25, 0.3) is 6.08 Å². The van der Waals surface area contributed by atoms with E-state index < -0.39 is 5.66 Å². The normalized spacial score (nSPS) is 21.7. The Labute approximate surface area is 178 Å². The largest absolute Gasteiger partial charge is 0.493 e. The van der Waals surface area contributed by atoms with Crippen molar-refractivity contribution in [2.24, 2.45) is 0 Å². The third kappa shape index (κ3) is 3.04. The number of nitrogens with zero attached hydrogens (tertiary/aromatic N) is 1. The first-order valence-corrected chi connectivity index (χ1v) is 10.4. The number of fused-ring (bicyclic) bond motifs is 3. The van der Waals surface area contributed by atoms with Gasteiger partial charge in [-0.1, -0.05) is 43.7 Å². The smallest absolute Gasteiger partial charge is 0.241 e. The van der Waals surface area contributed by atoms with Gasteiger partial charge in [-0.25, -0.2) is 0 Å². The minimum absolute atomic E-state index is 0.0391. The van der Waals surface area contributed by atoms with E-state index in [2.05, 4.69) is 61.3 Å². The second kappa shape index (κ2) is 7.08. The molecule has 2 aromatic rings. The van der Waals surface area contributed by atoms with Crippen LogP contribution in [0.4, 0.5) is 5.69 Å². The number of carbonyl (C=O) groups excluding carboxylic acids is 1. The van der Waals surface area contributed by atoms with E-state index in [1.54, 1.807) is 7.11 Å². The minimum Gasteiger partial charge on any atom is -0.493 e. The highest BCUT2D eigenvalue weighted by atomic mass is 16.5. The summed E-state index contributed by atoms with van der Waals surface area (Å²) in [4.78, 5) is 14.7. The number of amides is 1. The molecular formula is C25H30N2O3. The topological polar surface area (TPSA) is 50.8 Å². The summed E-state index contributed by atoms with van der Waals surface area (Å²) in [5.74, 6) is 1.46. The second-order valence-corrected chi connectivity index (χ2v) is 8.96. The van der Waals surface area contributed by atoms with E-state index >= 15 is 0 Å². The fourth-order valence-electron chi connectivity index (χ4n) is 4.64. The predicted molar refractivity (Wildman–Crippen MR) is 120 cm³/mol. The molecule has 2 aromatic carbocycles. The molecule has 1 saturated heterocycles. The second-order valence-electron chi connectivity index (χ2n) is 8.96. The Morgan fingerprint density at radius 3 is 2.60 bits per heavy atom. The molecular weight excluding hydrogens is 376 g/mol. The van der Waals surface area contributed by atoms with Crippen LogP contribution in [0.15, 0.2) is 42.5 Å². The number of hydrogen-bond acceptors (Lipinski definition) is 4. The summed E-state index contributed by atoms with van der Waals surface area (Å²) in [5, 5.41) is 3.27.